The van der Waals surface area contributed by atoms with E-state index < -0.39 is 0 Å². The lowest BCUT2D eigenvalue weighted by Crippen LogP contribution is -2.24. The summed E-state index contributed by atoms with van der Waals surface area (Å²) in [5.74, 6) is 0.751. The Balaban J connectivity index is 1.89. The number of aromatic nitrogens is 1. The molecule has 0 aliphatic heterocycles. The van der Waals surface area contributed by atoms with E-state index in [0.717, 1.165) is 22.2 Å². The summed E-state index contributed by atoms with van der Waals surface area (Å²) in [5, 5.41) is 5.00. The third-order valence-corrected chi connectivity index (χ3v) is 3.40. The molecule has 24 heavy (non-hydrogen) atoms. The van der Waals surface area contributed by atoms with Gasteiger partial charge in [0.2, 0.25) is 0 Å². The number of ether oxygens (including phenoxy) is 1. The molecule has 1 heterocycles. The topological polar surface area (TPSA) is 72.5 Å². The molecule has 0 spiro atoms. The maximum atomic E-state index is 6.00. The van der Waals surface area contributed by atoms with Crippen molar-refractivity contribution in [1.29, 1.82) is 0 Å². The lowest BCUT2D eigenvalue weighted by molar-refractivity contribution is 0.310. The van der Waals surface area contributed by atoms with Crippen molar-refractivity contribution >= 4 is 34.4 Å². The van der Waals surface area contributed by atoms with Crippen LogP contribution in [-0.2, 0) is 6.61 Å². The number of hydrogen-bond acceptors (Lipinski definition) is 4. The van der Waals surface area contributed by atoms with E-state index in [1.165, 1.54) is 0 Å². The Morgan fingerprint density at radius 3 is 2.71 bits per heavy atom. The second-order valence-electron chi connectivity index (χ2n) is 5.07. The van der Waals surface area contributed by atoms with Crippen LogP contribution in [0.1, 0.15) is 11.3 Å². The normalized spacial score (nSPS) is 10.8. The van der Waals surface area contributed by atoms with Crippen molar-refractivity contribution in [2.75, 3.05) is 0 Å². The number of thiocarbonyl (C=S) groups is 1. The largest absolute Gasteiger partial charge is 0.488 e. The molecule has 3 aromatic rings. The molecule has 2 aromatic carbocycles. The molecule has 3 rings (SSSR count). The van der Waals surface area contributed by atoms with Crippen LogP contribution in [0.15, 0.2) is 65.8 Å². The molecule has 1 aromatic heterocycles. The Labute approximate surface area is 145 Å². The number of hydrazone groups is 1. The number of benzene rings is 2. The fraction of sp³-hybridized carbons (Fsp3) is 0.0556. The molecule has 0 aliphatic carbocycles. The highest BCUT2D eigenvalue weighted by Gasteiger charge is 2.06. The maximum absolute atomic E-state index is 6.00. The Morgan fingerprint density at radius 2 is 1.92 bits per heavy atom. The molecule has 0 unspecified atom stereocenters. The molecule has 0 radical (unpaired) electrons. The Morgan fingerprint density at radius 1 is 1.17 bits per heavy atom. The molecule has 6 heteroatoms. The number of nitrogens with two attached hydrogens (primary N) is 1. The lowest BCUT2D eigenvalue weighted by Gasteiger charge is -2.10. The molecule has 0 amide bonds. The first-order valence-corrected chi connectivity index (χ1v) is 7.78. The molecule has 0 atom stereocenters. The first kappa shape index (κ1) is 15.9. The maximum Gasteiger partial charge on any atom is 0.184 e. The van der Waals surface area contributed by atoms with Crippen LogP contribution in [0.2, 0.25) is 0 Å². The van der Waals surface area contributed by atoms with Gasteiger partial charge >= 0.3 is 0 Å². The third-order valence-electron chi connectivity index (χ3n) is 3.31. The smallest absolute Gasteiger partial charge is 0.184 e. The number of pyridine rings is 1. The minimum Gasteiger partial charge on any atom is -0.488 e. The van der Waals surface area contributed by atoms with Gasteiger partial charge in [0.1, 0.15) is 12.4 Å². The van der Waals surface area contributed by atoms with Crippen molar-refractivity contribution in [1.82, 2.24) is 10.4 Å². The zero-order valence-corrected chi connectivity index (χ0v) is 13.7. The fourth-order valence-electron chi connectivity index (χ4n) is 2.25. The van der Waals surface area contributed by atoms with Gasteiger partial charge in [-0.2, -0.15) is 5.10 Å². The van der Waals surface area contributed by atoms with Crippen LogP contribution in [0.25, 0.3) is 10.9 Å². The lowest BCUT2D eigenvalue weighted by atomic mass is 10.2. The number of nitrogens with one attached hydrogen (secondary N) is 1. The predicted octanol–water partition coefficient (Wildman–Crippen LogP) is 2.98. The first-order valence-electron chi connectivity index (χ1n) is 7.37. The van der Waals surface area contributed by atoms with Gasteiger partial charge in [0.05, 0.1) is 17.4 Å². The summed E-state index contributed by atoms with van der Waals surface area (Å²) in [5.41, 5.74) is 10.5. The minimum absolute atomic E-state index is 0.104. The number of para-hydroxylation sites is 1. The summed E-state index contributed by atoms with van der Waals surface area (Å²) in [6.45, 7) is 0.483. The fourth-order valence-corrected chi connectivity index (χ4v) is 2.30. The zero-order chi connectivity index (χ0) is 16.8. The van der Waals surface area contributed by atoms with Crippen molar-refractivity contribution in [3.05, 3.63) is 71.9 Å². The van der Waals surface area contributed by atoms with Crippen LogP contribution in [0.4, 0.5) is 0 Å². The van der Waals surface area contributed by atoms with Gasteiger partial charge in [-0.1, -0.05) is 42.5 Å². The van der Waals surface area contributed by atoms with Gasteiger partial charge in [-0.05, 0) is 29.9 Å². The van der Waals surface area contributed by atoms with Gasteiger partial charge in [-0.3, -0.25) is 5.43 Å². The Kier molecular flexibility index (Phi) is 4.98. The van der Waals surface area contributed by atoms with E-state index in [9.17, 15) is 0 Å². The Bertz CT molecular complexity index is 881. The zero-order valence-electron chi connectivity index (χ0n) is 12.8. The van der Waals surface area contributed by atoms with Crippen molar-refractivity contribution in [3.8, 4) is 5.75 Å². The molecular weight excluding hydrogens is 320 g/mol. The third kappa shape index (κ3) is 4.05. The highest BCUT2D eigenvalue weighted by molar-refractivity contribution is 7.80. The second-order valence-corrected chi connectivity index (χ2v) is 5.51. The summed E-state index contributed by atoms with van der Waals surface area (Å²) in [6.07, 6.45) is 1.56. The van der Waals surface area contributed by atoms with Crippen molar-refractivity contribution in [2.45, 2.75) is 6.61 Å². The van der Waals surface area contributed by atoms with Crippen LogP contribution in [0, 0.1) is 0 Å². The van der Waals surface area contributed by atoms with E-state index in [1.807, 2.05) is 60.7 Å². The highest BCUT2D eigenvalue weighted by atomic mass is 32.1. The van der Waals surface area contributed by atoms with E-state index >= 15 is 0 Å². The molecule has 5 nitrogen and oxygen atoms in total. The van der Waals surface area contributed by atoms with Gasteiger partial charge in [0.25, 0.3) is 0 Å². The van der Waals surface area contributed by atoms with Crippen LogP contribution < -0.4 is 15.9 Å². The van der Waals surface area contributed by atoms with Gasteiger partial charge in [0, 0.05) is 11.5 Å². The second kappa shape index (κ2) is 7.52. The average Bonchev–Trinajstić information content (AvgIpc) is 2.60. The van der Waals surface area contributed by atoms with Crippen molar-refractivity contribution in [2.24, 2.45) is 10.8 Å². The monoisotopic (exact) mass is 336 g/mol. The van der Waals surface area contributed by atoms with Crippen LogP contribution in [0.5, 0.6) is 5.75 Å². The average molecular weight is 336 g/mol. The van der Waals surface area contributed by atoms with Crippen LogP contribution in [-0.4, -0.2) is 16.3 Å². The van der Waals surface area contributed by atoms with Gasteiger partial charge in [0.15, 0.2) is 5.11 Å². The van der Waals surface area contributed by atoms with E-state index in [-0.39, 0.29) is 5.11 Å². The van der Waals surface area contributed by atoms with Gasteiger partial charge in [-0.25, -0.2) is 4.98 Å². The number of nitrogens with zero attached hydrogens (tertiary/aromatic N) is 2. The molecular formula is C18H16N4OS. The quantitative estimate of drug-likeness (QED) is 0.426. The molecule has 3 N–H and O–H groups in total. The van der Waals surface area contributed by atoms with E-state index in [4.69, 9.17) is 22.7 Å². The number of rotatable bonds is 5. The first-order chi connectivity index (χ1) is 11.7. The molecule has 0 saturated carbocycles. The van der Waals surface area contributed by atoms with Crippen LogP contribution in [0.3, 0.4) is 0 Å². The molecule has 0 saturated heterocycles. The summed E-state index contributed by atoms with van der Waals surface area (Å²) >= 11 is 4.72. The summed E-state index contributed by atoms with van der Waals surface area (Å²) in [7, 11) is 0. The van der Waals surface area contributed by atoms with Gasteiger partial charge in [-0.15, -0.1) is 0 Å². The number of hydrogen-bond donors (Lipinski definition) is 2. The van der Waals surface area contributed by atoms with Crippen molar-refractivity contribution < 1.29 is 4.74 Å². The van der Waals surface area contributed by atoms with E-state index in [1.54, 1.807) is 6.21 Å². The molecule has 120 valence electrons. The highest BCUT2D eigenvalue weighted by Crippen LogP contribution is 2.25. The molecule has 0 bridgehead atoms. The van der Waals surface area contributed by atoms with E-state index in [2.05, 4.69) is 15.5 Å². The van der Waals surface area contributed by atoms with Crippen molar-refractivity contribution in [3.63, 3.8) is 0 Å². The minimum atomic E-state index is 0.104. The predicted molar refractivity (Wildman–Crippen MR) is 100 cm³/mol. The Hall–Kier alpha value is -2.99. The molecule has 0 aliphatic rings. The number of fused-ring (bicyclic) bond motifs is 1. The van der Waals surface area contributed by atoms with Gasteiger partial charge < -0.3 is 10.5 Å². The standard InChI is InChI=1S/C18H16N4OS/c19-18(24)22-20-11-14-10-17(15-8-4-5-9-16(15)21-14)23-12-13-6-2-1-3-7-13/h1-11H,12H2,(H3,19,22,24). The summed E-state index contributed by atoms with van der Waals surface area (Å²) < 4.78 is 6.00. The van der Waals surface area contributed by atoms with E-state index in [0.29, 0.717) is 12.3 Å². The summed E-state index contributed by atoms with van der Waals surface area (Å²) in [4.78, 5) is 4.53. The SMILES string of the molecule is NC(=S)NN=Cc1cc(OCc2ccccc2)c2ccccc2n1. The summed E-state index contributed by atoms with van der Waals surface area (Å²) in [6, 6.07) is 19.7. The van der Waals surface area contributed by atoms with Crippen LogP contribution >= 0.6 is 12.2 Å². The molecule has 0 fully saturated rings.